The standard InChI is InChI=1S/C21H25N5O/c22-20(27)19(18-5-2-11-24-15-18)26-13-9-21(7-3-12-25-16-21)8-6-17-4-1-10-23-14-17/h1-5,7,10-12,14-15,19,26H,6,8-9,13,16H2,(H2,22,27). The fourth-order valence-corrected chi connectivity index (χ4v) is 3.38. The number of nitrogens with two attached hydrogens (primary N) is 1. The molecule has 6 nitrogen and oxygen atoms in total. The van der Waals surface area contributed by atoms with Crippen LogP contribution in [0.3, 0.4) is 0 Å². The molecule has 0 saturated heterocycles. The Bertz CT molecular complexity index is 791. The predicted molar refractivity (Wildman–Crippen MR) is 106 cm³/mol. The van der Waals surface area contributed by atoms with Gasteiger partial charge in [0, 0.05) is 43.0 Å². The van der Waals surface area contributed by atoms with Crippen LogP contribution >= 0.6 is 0 Å². The van der Waals surface area contributed by atoms with Crippen LogP contribution in [0, 0.1) is 5.41 Å². The summed E-state index contributed by atoms with van der Waals surface area (Å²) in [5.74, 6) is -0.399. The van der Waals surface area contributed by atoms with E-state index in [1.165, 1.54) is 5.56 Å². The van der Waals surface area contributed by atoms with E-state index in [1.54, 1.807) is 24.7 Å². The molecule has 3 heterocycles. The number of aryl methyl sites for hydroxylation is 1. The number of aromatic nitrogens is 2. The van der Waals surface area contributed by atoms with Crippen molar-refractivity contribution in [2.75, 3.05) is 13.1 Å². The van der Waals surface area contributed by atoms with Crippen LogP contribution in [-0.2, 0) is 11.2 Å². The van der Waals surface area contributed by atoms with Gasteiger partial charge in [0.25, 0.3) is 0 Å². The Hall–Kier alpha value is -2.86. The Labute approximate surface area is 159 Å². The summed E-state index contributed by atoms with van der Waals surface area (Å²) in [6.07, 6.45) is 15.9. The largest absolute Gasteiger partial charge is 0.368 e. The third-order valence-corrected chi connectivity index (χ3v) is 4.96. The van der Waals surface area contributed by atoms with Crippen molar-refractivity contribution in [3.63, 3.8) is 0 Å². The number of nitrogens with zero attached hydrogens (tertiary/aromatic N) is 3. The van der Waals surface area contributed by atoms with Gasteiger partial charge in [-0.2, -0.15) is 0 Å². The highest BCUT2D eigenvalue weighted by Gasteiger charge is 2.28. The summed E-state index contributed by atoms with van der Waals surface area (Å²) in [6.45, 7) is 1.41. The molecular formula is C21H25N5O. The van der Waals surface area contributed by atoms with Crippen LogP contribution < -0.4 is 11.1 Å². The topological polar surface area (TPSA) is 93.3 Å². The Morgan fingerprint density at radius 3 is 2.63 bits per heavy atom. The van der Waals surface area contributed by atoms with Crippen LogP contribution in [0.5, 0.6) is 0 Å². The maximum Gasteiger partial charge on any atom is 0.239 e. The molecule has 1 amide bonds. The summed E-state index contributed by atoms with van der Waals surface area (Å²) in [7, 11) is 0. The lowest BCUT2D eigenvalue weighted by atomic mass is 9.78. The number of dihydropyridines is 1. The lowest BCUT2D eigenvalue weighted by molar-refractivity contribution is -0.120. The van der Waals surface area contributed by atoms with Crippen molar-refractivity contribution in [1.82, 2.24) is 15.3 Å². The van der Waals surface area contributed by atoms with Crippen LogP contribution in [0.4, 0.5) is 0 Å². The van der Waals surface area contributed by atoms with Gasteiger partial charge in [0.15, 0.2) is 0 Å². The number of amides is 1. The lowest BCUT2D eigenvalue weighted by Crippen LogP contribution is -2.37. The van der Waals surface area contributed by atoms with E-state index >= 15 is 0 Å². The average Bonchev–Trinajstić information content (AvgIpc) is 2.72. The molecule has 0 aromatic carbocycles. The summed E-state index contributed by atoms with van der Waals surface area (Å²) >= 11 is 0. The highest BCUT2D eigenvalue weighted by Crippen LogP contribution is 2.32. The first-order valence-electron chi connectivity index (χ1n) is 9.18. The van der Waals surface area contributed by atoms with Gasteiger partial charge in [-0.15, -0.1) is 0 Å². The molecule has 3 N–H and O–H groups in total. The van der Waals surface area contributed by atoms with Gasteiger partial charge in [-0.05, 0) is 55.1 Å². The van der Waals surface area contributed by atoms with Crippen molar-refractivity contribution < 1.29 is 4.79 Å². The van der Waals surface area contributed by atoms with Gasteiger partial charge in [-0.1, -0.05) is 18.2 Å². The van der Waals surface area contributed by atoms with Gasteiger partial charge in [-0.3, -0.25) is 19.8 Å². The molecule has 0 fully saturated rings. The molecule has 2 aromatic heterocycles. The van der Waals surface area contributed by atoms with E-state index in [2.05, 4.69) is 32.4 Å². The minimum Gasteiger partial charge on any atom is -0.368 e. The van der Waals surface area contributed by atoms with Gasteiger partial charge in [-0.25, -0.2) is 0 Å². The molecule has 0 bridgehead atoms. The molecule has 1 aliphatic rings. The van der Waals surface area contributed by atoms with Crippen molar-refractivity contribution in [2.24, 2.45) is 16.1 Å². The Balaban J connectivity index is 1.62. The van der Waals surface area contributed by atoms with E-state index in [9.17, 15) is 4.79 Å². The van der Waals surface area contributed by atoms with Gasteiger partial charge in [0.2, 0.25) is 5.91 Å². The summed E-state index contributed by atoms with van der Waals surface area (Å²) in [5, 5.41) is 3.29. The zero-order valence-corrected chi connectivity index (χ0v) is 15.3. The fraction of sp³-hybridized carbons (Fsp3) is 0.333. The number of aliphatic imine (C=N–C) groups is 1. The van der Waals surface area contributed by atoms with Crippen LogP contribution in [0.1, 0.15) is 30.0 Å². The van der Waals surface area contributed by atoms with E-state index in [4.69, 9.17) is 5.73 Å². The maximum atomic E-state index is 11.9. The molecule has 2 unspecified atom stereocenters. The molecule has 27 heavy (non-hydrogen) atoms. The summed E-state index contributed by atoms with van der Waals surface area (Å²) in [5.41, 5.74) is 7.55. The molecule has 140 valence electrons. The summed E-state index contributed by atoms with van der Waals surface area (Å²) in [6, 6.07) is 7.19. The van der Waals surface area contributed by atoms with E-state index in [0.717, 1.165) is 31.4 Å². The van der Waals surface area contributed by atoms with Gasteiger partial charge >= 0.3 is 0 Å². The van der Waals surface area contributed by atoms with Gasteiger partial charge in [0.1, 0.15) is 6.04 Å². The van der Waals surface area contributed by atoms with Gasteiger partial charge in [0.05, 0.1) is 0 Å². The second-order valence-corrected chi connectivity index (χ2v) is 6.90. The third-order valence-electron chi connectivity index (χ3n) is 4.96. The van der Waals surface area contributed by atoms with Gasteiger partial charge < -0.3 is 11.1 Å². The second kappa shape index (κ2) is 9.19. The quantitative estimate of drug-likeness (QED) is 0.714. The number of allylic oxidation sites excluding steroid dienone is 1. The number of pyridine rings is 2. The lowest BCUT2D eigenvalue weighted by Gasteiger charge is -2.31. The Morgan fingerprint density at radius 1 is 1.19 bits per heavy atom. The molecule has 0 saturated carbocycles. The fourth-order valence-electron chi connectivity index (χ4n) is 3.38. The predicted octanol–water partition coefficient (Wildman–Crippen LogP) is 2.24. The van der Waals surface area contributed by atoms with Crippen molar-refractivity contribution in [3.05, 3.63) is 72.3 Å². The van der Waals surface area contributed by atoms with E-state index in [-0.39, 0.29) is 5.41 Å². The number of hydrogen-bond acceptors (Lipinski definition) is 5. The highest BCUT2D eigenvalue weighted by atomic mass is 16.1. The molecule has 2 aromatic rings. The van der Waals surface area contributed by atoms with Crippen molar-refractivity contribution in [3.8, 4) is 0 Å². The van der Waals surface area contributed by atoms with Crippen LogP contribution in [0.25, 0.3) is 0 Å². The van der Waals surface area contributed by atoms with E-state index in [1.807, 2.05) is 30.6 Å². The molecule has 1 aliphatic heterocycles. The second-order valence-electron chi connectivity index (χ2n) is 6.90. The minimum absolute atomic E-state index is 0.0330. The Kier molecular flexibility index (Phi) is 6.44. The first-order valence-corrected chi connectivity index (χ1v) is 9.18. The molecule has 0 radical (unpaired) electrons. The third kappa shape index (κ3) is 5.31. The van der Waals surface area contributed by atoms with Crippen LogP contribution in [-0.4, -0.2) is 35.2 Å². The minimum atomic E-state index is -0.537. The average molecular weight is 363 g/mol. The number of carbonyl (C=O) groups is 1. The van der Waals surface area contributed by atoms with Crippen molar-refractivity contribution in [1.29, 1.82) is 0 Å². The van der Waals surface area contributed by atoms with Crippen LogP contribution in [0.2, 0.25) is 0 Å². The molecule has 3 rings (SSSR count). The number of primary amides is 1. The van der Waals surface area contributed by atoms with E-state index in [0.29, 0.717) is 6.54 Å². The van der Waals surface area contributed by atoms with E-state index < -0.39 is 11.9 Å². The number of carbonyl (C=O) groups excluding carboxylic acids is 1. The highest BCUT2D eigenvalue weighted by molar-refractivity contribution is 5.81. The molecule has 2 atom stereocenters. The molecule has 0 spiro atoms. The first-order chi connectivity index (χ1) is 13.2. The first kappa shape index (κ1) is 18.9. The summed E-state index contributed by atoms with van der Waals surface area (Å²) in [4.78, 5) is 24.6. The Morgan fingerprint density at radius 2 is 2.00 bits per heavy atom. The van der Waals surface area contributed by atoms with Crippen molar-refractivity contribution >= 4 is 12.1 Å². The monoisotopic (exact) mass is 363 g/mol. The SMILES string of the molecule is NC(=O)C(NCCC1(CCc2cccnc2)C=CC=NC1)c1cccnc1. The molecular weight excluding hydrogens is 338 g/mol. The van der Waals surface area contributed by atoms with Crippen molar-refractivity contribution in [2.45, 2.75) is 25.3 Å². The number of hydrogen-bond donors (Lipinski definition) is 2. The molecule has 0 aliphatic carbocycles. The zero-order chi connectivity index (χ0) is 19.0. The smallest absolute Gasteiger partial charge is 0.239 e. The number of rotatable bonds is 9. The van der Waals surface area contributed by atoms with Crippen LogP contribution in [0.15, 0.2) is 66.2 Å². The maximum absolute atomic E-state index is 11.9. The normalized spacial score (nSPS) is 19.7. The summed E-state index contributed by atoms with van der Waals surface area (Å²) < 4.78 is 0. The molecule has 6 heteroatoms. The number of nitrogens with one attached hydrogen (secondary N) is 1. The zero-order valence-electron chi connectivity index (χ0n) is 15.3.